The van der Waals surface area contributed by atoms with Crippen LogP contribution in [0.1, 0.15) is 20.3 Å². The minimum atomic E-state index is -3.55. The largest absolute Gasteiger partial charge is 0.468 e. The molecule has 0 amide bonds. The molecule has 0 aromatic rings. The van der Waals surface area contributed by atoms with Gasteiger partial charge in [0, 0.05) is 6.61 Å². The number of ether oxygens (including phenoxy) is 1. The van der Waals surface area contributed by atoms with Crippen LogP contribution < -0.4 is 0 Å². The predicted molar refractivity (Wildman–Crippen MR) is 58.4 cm³/mol. The summed E-state index contributed by atoms with van der Waals surface area (Å²) in [6.07, 6.45) is -0.00997. The average molecular weight is 254 g/mol. The molecule has 0 saturated heterocycles. The number of hydrogen-bond donors (Lipinski definition) is 1. The van der Waals surface area contributed by atoms with Crippen LogP contribution in [0, 0.1) is 0 Å². The van der Waals surface area contributed by atoms with Gasteiger partial charge in [-0.2, -0.15) is 0 Å². The molecule has 1 N–H and O–H groups in total. The Morgan fingerprint density at radius 3 is 2.12 bits per heavy atom. The molecule has 1 unspecified atom stereocenters. The molecule has 96 valence electrons. The zero-order valence-electron chi connectivity index (χ0n) is 9.84. The Bertz CT molecular complexity index is 244. The van der Waals surface area contributed by atoms with Gasteiger partial charge < -0.3 is 18.9 Å². The monoisotopic (exact) mass is 254 g/mol. The van der Waals surface area contributed by atoms with Crippen molar-refractivity contribution < 1.29 is 28.3 Å². The first-order valence-corrected chi connectivity index (χ1v) is 6.74. The van der Waals surface area contributed by atoms with Gasteiger partial charge in [-0.25, -0.2) is 0 Å². The number of esters is 1. The van der Waals surface area contributed by atoms with Crippen LogP contribution in [-0.2, 0) is 23.1 Å². The fourth-order valence-corrected chi connectivity index (χ4v) is 3.19. The summed E-state index contributed by atoms with van der Waals surface area (Å²) in [4.78, 5) is 11.4. The van der Waals surface area contributed by atoms with Crippen molar-refractivity contribution in [2.45, 2.75) is 25.9 Å². The van der Waals surface area contributed by atoms with Gasteiger partial charge in [-0.05, 0) is 20.3 Å². The third kappa shape index (κ3) is 4.22. The molecule has 6 nitrogen and oxygen atoms in total. The summed E-state index contributed by atoms with van der Waals surface area (Å²) in [6.45, 7) is 3.34. The second-order valence-electron chi connectivity index (χ2n) is 2.93. The highest BCUT2D eigenvalue weighted by Crippen LogP contribution is 2.54. The summed E-state index contributed by atoms with van der Waals surface area (Å²) in [6, 6.07) is 0. The molecule has 0 heterocycles. The van der Waals surface area contributed by atoms with Crippen molar-refractivity contribution >= 4 is 13.6 Å². The summed E-state index contributed by atoms with van der Waals surface area (Å²) in [5.41, 5.74) is -1.07. The van der Waals surface area contributed by atoms with Crippen LogP contribution in [0.3, 0.4) is 0 Å². The molecule has 7 heteroatoms. The van der Waals surface area contributed by atoms with Gasteiger partial charge in [-0.3, -0.25) is 9.36 Å². The van der Waals surface area contributed by atoms with Crippen molar-refractivity contribution in [3.63, 3.8) is 0 Å². The van der Waals surface area contributed by atoms with Crippen LogP contribution in [0.25, 0.3) is 0 Å². The highest BCUT2D eigenvalue weighted by atomic mass is 31.2. The second kappa shape index (κ2) is 7.79. The molecular weight excluding hydrogens is 235 g/mol. The Hall–Kier alpha value is -0.420. The van der Waals surface area contributed by atoms with Gasteiger partial charge in [0.05, 0.1) is 20.3 Å². The van der Waals surface area contributed by atoms with E-state index in [1.165, 1.54) is 7.11 Å². The van der Waals surface area contributed by atoms with Crippen molar-refractivity contribution in [1.82, 2.24) is 0 Å². The first-order valence-electron chi connectivity index (χ1n) is 5.13. The van der Waals surface area contributed by atoms with Crippen LogP contribution >= 0.6 is 7.60 Å². The number of methoxy groups -OCH3 is 1. The van der Waals surface area contributed by atoms with Gasteiger partial charge in [0.15, 0.2) is 5.66 Å². The Labute approximate surface area is 95.4 Å². The number of carbonyl (C=O) groups is 1. The summed E-state index contributed by atoms with van der Waals surface area (Å²) in [5, 5.41) is 8.84. The number of hydrogen-bond acceptors (Lipinski definition) is 6. The Morgan fingerprint density at radius 2 is 1.81 bits per heavy atom. The van der Waals surface area contributed by atoms with E-state index in [9.17, 15) is 9.36 Å². The fourth-order valence-electron chi connectivity index (χ4n) is 1.24. The molecule has 0 saturated carbocycles. The van der Waals surface area contributed by atoms with E-state index < -0.39 is 19.2 Å². The number of rotatable bonds is 8. The smallest absolute Gasteiger partial charge is 0.344 e. The zero-order chi connectivity index (χ0) is 12.6. The first-order chi connectivity index (χ1) is 7.55. The summed E-state index contributed by atoms with van der Waals surface area (Å²) < 4.78 is 26.8. The van der Waals surface area contributed by atoms with E-state index in [-0.39, 0.29) is 26.2 Å². The second-order valence-corrected chi connectivity index (χ2v) is 5.15. The van der Waals surface area contributed by atoms with E-state index in [0.717, 1.165) is 0 Å². The Balaban J connectivity index is 4.92. The maximum absolute atomic E-state index is 12.2. The van der Waals surface area contributed by atoms with Gasteiger partial charge in [0.25, 0.3) is 0 Å². The maximum atomic E-state index is 12.2. The lowest BCUT2D eigenvalue weighted by atomic mass is 10.3. The molecule has 0 aliphatic carbocycles. The minimum absolute atomic E-state index is 0.00997. The topological polar surface area (TPSA) is 82.1 Å². The van der Waals surface area contributed by atoms with Crippen LogP contribution in [0.15, 0.2) is 0 Å². The van der Waals surface area contributed by atoms with Gasteiger partial charge >= 0.3 is 13.6 Å². The molecule has 0 aliphatic rings. The third-order valence-corrected chi connectivity index (χ3v) is 4.34. The standard InChI is InChI=1S/C9H19O6P/c1-4-14-16(12,15-5-2)8(6-7-10)9(11)13-3/h8,10H,4-7H2,1-3H3. The molecule has 0 aliphatic heterocycles. The molecule has 0 aromatic carbocycles. The third-order valence-electron chi connectivity index (χ3n) is 1.88. The Morgan fingerprint density at radius 1 is 1.31 bits per heavy atom. The quantitative estimate of drug-likeness (QED) is 0.517. The van der Waals surface area contributed by atoms with Crippen molar-refractivity contribution in [2.24, 2.45) is 0 Å². The SMILES string of the molecule is CCOP(=O)(OCC)C(CCO)C(=O)OC. The molecule has 1 atom stereocenters. The normalized spacial score (nSPS) is 13.5. The van der Waals surface area contributed by atoms with Crippen molar-refractivity contribution in [2.75, 3.05) is 26.9 Å². The fraction of sp³-hybridized carbons (Fsp3) is 0.889. The number of aliphatic hydroxyl groups excluding tert-OH is 1. The summed E-state index contributed by atoms with van der Waals surface area (Å²) in [5.74, 6) is -0.695. The molecule has 0 radical (unpaired) electrons. The van der Waals surface area contributed by atoms with Crippen molar-refractivity contribution in [3.05, 3.63) is 0 Å². The Kier molecular flexibility index (Phi) is 7.58. The van der Waals surface area contributed by atoms with Crippen LogP contribution in [-0.4, -0.2) is 43.7 Å². The molecule has 16 heavy (non-hydrogen) atoms. The molecule has 0 aromatic heterocycles. The van der Waals surface area contributed by atoms with Crippen LogP contribution in [0.4, 0.5) is 0 Å². The highest BCUT2D eigenvalue weighted by molar-refractivity contribution is 7.55. The minimum Gasteiger partial charge on any atom is -0.468 e. The lowest BCUT2D eigenvalue weighted by molar-refractivity contribution is -0.140. The van der Waals surface area contributed by atoms with E-state index in [1.54, 1.807) is 13.8 Å². The van der Waals surface area contributed by atoms with Crippen LogP contribution in [0.2, 0.25) is 0 Å². The van der Waals surface area contributed by atoms with Crippen molar-refractivity contribution in [1.29, 1.82) is 0 Å². The van der Waals surface area contributed by atoms with E-state index in [4.69, 9.17) is 14.2 Å². The van der Waals surface area contributed by atoms with E-state index in [0.29, 0.717) is 0 Å². The molecule has 0 rings (SSSR count). The lowest BCUT2D eigenvalue weighted by Crippen LogP contribution is -2.26. The molecular formula is C9H19O6P. The van der Waals surface area contributed by atoms with Gasteiger partial charge in [0.2, 0.25) is 0 Å². The molecule has 0 bridgehead atoms. The van der Waals surface area contributed by atoms with Gasteiger partial charge in [0.1, 0.15) is 0 Å². The average Bonchev–Trinajstić information content (AvgIpc) is 2.25. The molecule has 0 spiro atoms. The van der Waals surface area contributed by atoms with Gasteiger partial charge in [-0.15, -0.1) is 0 Å². The number of carbonyl (C=O) groups excluding carboxylic acids is 1. The van der Waals surface area contributed by atoms with E-state index in [2.05, 4.69) is 4.74 Å². The van der Waals surface area contributed by atoms with Gasteiger partial charge in [-0.1, -0.05) is 0 Å². The maximum Gasteiger partial charge on any atom is 0.344 e. The predicted octanol–water partition coefficient (Wildman–Crippen LogP) is 1.18. The zero-order valence-corrected chi connectivity index (χ0v) is 10.7. The summed E-state index contributed by atoms with van der Waals surface area (Å²) >= 11 is 0. The molecule has 0 fully saturated rings. The van der Waals surface area contributed by atoms with E-state index in [1.807, 2.05) is 0 Å². The lowest BCUT2D eigenvalue weighted by Gasteiger charge is -2.23. The number of aliphatic hydroxyl groups is 1. The summed E-state index contributed by atoms with van der Waals surface area (Å²) in [7, 11) is -2.36. The first kappa shape index (κ1) is 15.6. The highest BCUT2D eigenvalue weighted by Gasteiger charge is 2.41. The van der Waals surface area contributed by atoms with Crippen LogP contribution in [0.5, 0.6) is 0 Å². The van der Waals surface area contributed by atoms with Crippen molar-refractivity contribution in [3.8, 4) is 0 Å². The van der Waals surface area contributed by atoms with E-state index >= 15 is 0 Å².